The molecular weight excluding hydrogens is 917 g/mol. The Morgan fingerprint density at radius 2 is 0.889 bits per heavy atom. The van der Waals surface area contributed by atoms with Gasteiger partial charge < -0.3 is 53.3 Å². The standard InChI is InChI=1S/C44H36O6.C15H10O7/c1-31-24-39(48-29-34-18-10-4-11-19-34)41-40(25-31)50-43(44(42(41)45)49-30-35-20-12-5-13-21-35)36-22-23-37(46-27-32-14-6-2-7-15-32)38(26-36)47-28-33-16-8-3-9-17-33;16-7-4-10(19)12-11(5-7)22-15(14(21)13(12)20)6-1-2-8(17)9(18)3-6/h2-26H,27-30H2,1H3;1-5,16-19,21H. The summed E-state index contributed by atoms with van der Waals surface area (Å²) in [6.45, 7) is 3.11. The number of ether oxygens (including phenoxy) is 4. The van der Waals surface area contributed by atoms with Crippen molar-refractivity contribution in [3.63, 3.8) is 0 Å². The Balaban J connectivity index is 0.000000242. The Morgan fingerprint density at radius 1 is 0.403 bits per heavy atom. The summed E-state index contributed by atoms with van der Waals surface area (Å²) in [7, 11) is 0. The molecular formula is C59H46O13. The van der Waals surface area contributed by atoms with E-state index in [2.05, 4.69) is 0 Å². The lowest BCUT2D eigenvalue weighted by molar-refractivity contribution is 0.256. The average Bonchev–Trinajstić information content (AvgIpc) is 3.39. The Bertz CT molecular complexity index is 3630. The zero-order valence-electron chi connectivity index (χ0n) is 38.7. The van der Waals surface area contributed by atoms with E-state index in [0.29, 0.717) is 53.6 Å². The number of phenols is 4. The smallest absolute Gasteiger partial charge is 0.239 e. The number of rotatable bonds is 14. The minimum absolute atomic E-state index is 0.0849. The summed E-state index contributed by atoms with van der Waals surface area (Å²) in [5.41, 5.74) is 4.63. The Labute approximate surface area is 411 Å². The molecule has 0 fully saturated rings. The van der Waals surface area contributed by atoms with Gasteiger partial charge in [0.05, 0.1) is 0 Å². The summed E-state index contributed by atoms with van der Waals surface area (Å²) in [6.07, 6.45) is 0. The van der Waals surface area contributed by atoms with Crippen LogP contribution in [0.3, 0.4) is 0 Å². The molecule has 0 bridgehead atoms. The monoisotopic (exact) mass is 962 g/mol. The molecule has 0 aliphatic carbocycles. The highest BCUT2D eigenvalue weighted by atomic mass is 16.5. The Morgan fingerprint density at radius 3 is 1.46 bits per heavy atom. The molecule has 10 aromatic rings. The van der Waals surface area contributed by atoms with Gasteiger partial charge in [-0.2, -0.15) is 0 Å². The van der Waals surface area contributed by atoms with Gasteiger partial charge in [-0.3, -0.25) is 9.59 Å². The quantitative estimate of drug-likeness (QED) is 0.0646. The highest BCUT2D eigenvalue weighted by Gasteiger charge is 2.24. The third kappa shape index (κ3) is 10.8. The molecule has 360 valence electrons. The van der Waals surface area contributed by atoms with Crippen molar-refractivity contribution in [3.8, 4) is 74.4 Å². The van der Waals surface area contributed by atoms with Crippen LogP contribution in [0.4, 0.5) is 0 Å². The first kappa shape index (κ1) is 47.4. The zero-order valence-corrected chi connectivity index (χ0v) is 38.7. The van der Waals surface area contributed by atoms with Crippen LogP contribution in [-0.4, -0.2) is 25.5 Å². The van der Waals surface area contributed by atoms with Crippen molar-refractivity contribution in [1.29, 1.82) is 0 Å². The fraction of sp³-hybridized carbons (Fsp3) is 0.0847. The first-order valence-corrected chi connectivity index (χ1v) is 22.7. The van der Waals surface area contributed by atoms with E-state index in [9.17, 15) is 35.1 Å². The molecule has 5 N–H and O–H groups in total. The number of fused-ring (bicyclic) bond motifs is 2. The molecule has 13 heteroatoms. The van der Waals surface area contributed by atoms with Gasteiger partial charge in [-0.15, -0.1) is 0 Å². The molecule has 0 spiro atoms. The first-order valence-electron chi connectivity index (χ1n) is 22.7. The third-order valence-corrected chi connectivity index (χ3v) is 11.4. The number of hydrogen-bond donors (Lipinski definition) is 5. The van der Waals surface area contributed by atoms with Crippen LogP contribution in [0.1, 0.15) is 27.8 Å². The third-order valence-electron chi connectivity index (χ3n) is 11.4. The number of phenolic OH excluding ortho intramolecular Hbond substituents is 4. The molecule has 2 heterocycles. The maximum absolute atomic E-state index is 14.5. The molecule has 2 aromatic heterocycles. The van der Waals surface area contributed by atoms with Crippen molar-refractivity contribution in [1.82, 2.24) is 0 Å². The van der Waals surface area contributed by atoms with Gasteiger partial charge in [-0.05, 0) is 83.3 Å². The maximum atomic E-state index is 14.5. The van der Waals surface area contributed by atoms with Crippen molar-refractivity contribution in [2.24, 2.45) is 0 Å². The molecule has 0 atom stereocenters. The lowest BCUT2D eigenvalue weighted by Crippen LogP contribution is -2.12. The lowest BCUT2D eigenvalue weighted by atomic mass is 10.1. The van der Waals surface area contributed by atoms with Crippen LogP contribution in [0.2, 0.25) is 0 Å². The van der Waals surface area contributed by atoms with Gasteiger partial charge in [0.2, 0.25) is 22.4 Å². The highest BCUT2D eigenvalue weighted by molar-refractivity contribution is 5.89. The van der Waals surface area contributed by atoms with Crippen LogP contribution in [0, 0.1) is 6.92 Å². The lowest BCUT2D eigenvalue weighted by Gasteiger charge is -2.17. The summed E-state index contributed by atoms with van der Waals surface area (Å²) in [6, 6.07) is 54.3. The van der Waals surface area contributed by atoms with Gasteiger partial charge in [0.15, 0.2) is 34.5 Å². The predicted molar refractivity (Wildman–Crippen MR) is 272 cm³/mol. The fourth-order valence-corrected chi connectivity index (χ4v) is 7.79. The van der Waals surface area contributed by atoms with Crippen LogP contribution < -0.4 is 29.8 Å². The number of hydrogen-bond acceptors (Lipinski definition) is 13. The summed E-state index contributed by atoms with van der Waals surface area (Å²) in [5.74, 6) is -0.829. The van der Waals surface area contributed by atoms with E-state index in [4.69, 9.17) is 27.8 Å². The molecule has 0 unspecified atom stereocenters. The zero-order chi connectivity index (χ0) is 50.1. The molecule has 0 saturated carbocycles. The summed E-state index contributed by atoms with van der Waals surface area (Å²) < 4.78 is 37.2. The van der Waals surface area contributed by atoms with Crippen molar-refractivity contribution in [2.45, 2.75) is 33.4 Å². The van der Waals surface area contributed by atoms with Crippen LogP contribution in [-0.2, 0) is 26.4 Å². The average molecular weight is 963 g/mol. The van der Waals surface area contributed by atoms with Gasteiger partial charge in [0, 0.05) is 23.3 Å². The normalized spacial score (nSPS) is 10.9. The van der Waals surface area contributed by atoms with E-state index in [1.165, 1.54) is 6.07 Å². The fourth-order valence-electron chi connectivity index (χ4n) is 7.79. The molecule has 0 aliphatic rings. The van der Waals surface area contributed by atoms with E-state index in [-0.39, 0.29) is 57.3 Å². The van der Waals surface area contributed by atoms with Crippen molar-refractivity contribution in [3.05, 3.63) is 230 Å². The molecule has 13 nitrogen and oxygen atoms in total. The van der Waals surface area contributed by atoms with E-state index in [0.717, 1.165) is 52.1 Å². The van der Waals surface area contributed by atoms with Crippen molar-refractivity contribution in [2.75, 3.05) is 0 Å². The summed E-state index contributed by atoms with van der Waals surface area (Å²) in [5, 5.41) is 48.0. The molecule has 0 aliphatic heterocycles. The van der Waals surface area contributed by atoms with Gasteiger partial charge >= 0.3 is 0 Å². The maximum Gasteiger partial charge on any atom is 0.239 e. The summed E-state index contributed by atoms with van der Waals surface area (Å²) in [4.78, 5) is 26.6. The minimum atomic E-state index is -0.888. The predicted octanol–water partition coefficient (Wildman–Crippen LogP) is 12.1. The molecule has 8 aromatic carbocycles. The van der Waals surface area contributed by atoms with E-state index >= 15 is 0 Å². The molecule has 0 saturated heterocycles. The van der Waals surface area contributed by atoms with Crippen molar-refractivity contribution >= 4 is 21.9 Å². The van der Waals surface area contributed by atoms with E-state index < -0.39 is 22.7 Å². The highest BCUT2D eigenvalue weighted by Crippen LogP contribution is 2.41. The molecule has 0 amide bonds. The van der Waals surface area contributed by atoms with Gasteiger partial charge in [-0.1, -0.05) is 121 Å². The van der Waals surface area contributed by atoms with Crippen LogP contribution in [0.15, 0.2) is 200 Å². The minimum Gasteiger partial charge on any atom is -0.508 e. The van der Waals surface area contributed by atoms with Gasteiger partial charge in [0.25, 0.3) is 0 Å². The number of aromatic hydroxyl groups is 5. The van der Waals surface area contributed by atoms with Crippen molar-refractivity contribution < 1.29 is 53.3 Å². The first-order chi connectivity index (χ1) is 35.0. The van der Waals surface area contributed by atoms with Gasteiger partial charge in [-0.25, -0.2) is 0 Å². The summed E-state index contributed by atoms with van der Waals surface area (Å²) >= 11 is 0. The van der Waals surface area contributed by atoms with Crippen LogP contribution in [0.25, 0.3) is 44.6 Å². The second kappa shape index (κ2) is 21.3. The topological polar surface area (TPSA) is 198 Å². The molecule has 72 heavy (non-hydrogen) atoms. The SMILES string of the molecule is Cc1cc(OCc2ccccc2)c2c(=O)c(OCc3ccccc3)c(-c3ccc(OCc4ccccc4)c(OCc4ccccc4)c3)oc2c1.O=c1c(O)c(-c2ccc(O)c(O)c2)oc2cc(O)cc(O)c12. The van der Waals surface area contributed by atoms with Crippen LogP contribution in [0.5, 0.6) is 51.7 Å². The Hall–Kier alpha value is -9.62. The second-order valence-electron chi connectivity index (χ2n) is 16.6. The van der Waals surface area contributed by atoms with E-state index in [1.54, 1.807) is 0 Å². The molecule has 0 radical (unpaired) electrons. The largest absolute Gasteiger partial charge is 0.508 e. The van der Waals surface area contributed by atoms with Crippen LogP contribution >= 0.6 is 0 Å². The second-order valence-corrected chi connectivity index (χ2v) is 16.6. The Kier molecular flexibility index (Phi) is 14.1. The van der Waals surface area contributed by atoms with Gasteiger partial charge in [0.1, 0.15) is 65.6 Å². The number of aryl methyl sites for hydroxylation is 1. The van der Waals surface area contributed by atoms with E-state index in [1.807, 2.05) is 159 Å². The molecule has 10 rings (SSSR count). The number of benzene rings is 8.